The Kier molecular flexibility index (Phi) is 5.38. The highest BCUT2D eigenvalue weighted by Crippen LogP contribution is 2.41. The van der Waals surface area contributed by atoms with Gasteiger partial charge >= 0.3 is 6.03 Å². The lowest BCUT2D eigenvalue weighted by Crippen LogP contribution is -2.44. The Balaban J connectivity index is 1.37. The van der Waals surface area contributed by atoms with Gasteiger partial charge in [-0.25, -0.2) is 4.79 Å². The van der Waals surface area contributed by atoms with Gasteiger partial charge in [-0.2, -0.15) is 0 Å². The van der Waals surface area contributed by atoms with Crippen LogP contribution >= 0.6 is 11.6 Å². The van der Waals surface area contributed by atoms with E-state index >= 15 is 0 Å². The molecule has 0 saturated carbocycles. The first-order chi connectivity index (χ1) is 16.0. The summed E-state index contributed by atoms with van der Waals surface area (Å²) in [4.78, 5) is 40.2. The minimum Gasteiger partial charge on any atom is -0.344 e. The van der Waals surface area contributed by atoms with E-state index in [0.717, 1.165) is 27.2 Å². The predicted molar refractivity (Wildman–Crippen MR) is 125 cm³/mol. The van der Waals surface area contributed by atoms with E-state index in [1.165, 1.54) is 0 Å². The highest BCUT2D eigenvalue weighted by molar-refractivity contribution is 6.30. The van der Waals surface area contributed by atoms with Gasteiger partial charge in [0.1, 0.15) is 12.1 Å². The Bertz CT molecular complexity index is 1230. The van der Waals surface area contributed by atoms with Crippen LogP contribution in [-0.2, 0) is 21.5 Å². The van der Waals surface area contributed by atoms with Gasteiger partial charge in [0.15, 0.2) is 0 Å². The smallest absolute Gasteiger partial charge is 0.325 e. The van der Waals surface area contributed by atoms with Gasteiger partial charge in [-0.3, -0.25) is 14.5 Å². The molecule has 0 radical (unpaired) electrons. The number of carbonyl (C=O) groups excluding carboxylic acids is 3. The molecule has 2 aliphatic rings. The van der Waals surface area contributed by atoms with Gasteiger partial charge in [0.2, 0.25) is 5.91 Å². The third-order valence-electron chi connectivity index (χ3n) is 6.37. The number of rotatable bonds is 5. The van der Waals surface area contributed by atoms with Crippen LogP contribution in [0.1, 0.15) is 34.7 Å². The number of halogens is 1. The fraction of sp³-hybridized carbons (Fsp3) is 0.192. The average Bonchev–Trinajstić information content (AvgIpc) is 3.32. The average molecular weight is 460 g/mol. The molecule has 2 atom stereocenters. The van der Waals surface area contributed by atoms with E-state index in [9.17, 15) is 14.4 Å². The number of benzene rings is 3. The van der Waals surface area contributed by atoms with E-state index in [1.807, 2.05) is 66.7 Å². The maximum Gasteiger partial charge on any atom is 0.325 e. The zero-order valence-corrected chi connectivity index (χ0v) is 18.5. The number of amides is 4. The molecule has 3 aromatic carbocycles. The van der Waals surface area contributed by atoms with Crippen molar-refractivity contribution in [2.75, 3.05) is 6.54 Å². The number of hydrogen-bond donors (Lipinski definition) is 2. The van der Waals surface area contributed by atoms with E-state index in [2.05, 4.69) is 10.6 Å². The van der Waals surface area contributed by atoms with Crippen molar-refractivity contribution >= 4 is 29.4 Å². The molecule has 1 fully saturated rings. The molecule has 1 heterocycles. The fourth-order valence-electron chi connectivity index (χ4n) is 4.74. The van der Waals surface area contributed by atoms with Crippen molar-refractivity contribution in [3.05, 3.63) is 106 Å². The zero-order valence-electron chi connectivity index (χ0n) is 17.8. The number of fused-ring (bicyclic) bond motifs is 2. The van der Waals surface area contributed by atoms with Crippen molar-refractivity contribution in [1.82, 2.24) is 15.5 Å². The molecular weight excluding hydrogens is 438 g/mol. The van der Waals surface area contributed by atoms with E-state index in [0.29, 0.717) is 17.9 Å². The lowest BCUT2D eigenvalue weighted by Gasteiger charge is -2.23. The van der Waals surface area contributed by atoms with E-state index in [4.69, 9.17) is 11.6 Å². The molecule has 1 spiro atoms. The molecule has 33 heavy (non-hydrogen) atoms. The molecule has 0 aromatic heterocycles. The molecule has 166 valence electrons. The van der Waals surface area contributed by atoms with Gasteiger partial charge in [-0.15, -0.1) is 0 Å². The lowest BCUT2D eigenvalue weighted by molar-refractivity contribution is -0.135. The van der Waals surface area contributed by atoms with Crippen LogP contribution in [0.25, 0.3) is 0 Å². The third-order valence-corrected chi connectivity index (χ3v) is 6.62. The predicted octanol–water partition coefficient (Wildman–Crippen LogP) is 3.94. The molecule has 6 nitrogen and oxygen atoms in total. The maximum atomic E-state index is 13.3. The molecule has 2 N–H and O–H groups in total. The monoisotopic (exact) mass is 459 g/mol. The Morgan fingerprint density at radius 3 is 2.39 bits per heavy atom. The molecule has 1 aliphatic heterocycles. The van der Waals surface area contributed by atoms with Crippen molar-refractivity contribution in [2.45, 2.75) is 24.4 Å². The summed E-state index contributed by atoms with van der Waals surface area (Å²) in [6.45, 7) is -0.356. The van der Waals surface area contributed by atoms with Crippen LogP contribution in [0.2, 0.25) is 5.02 Å². The molecule has 0 unspecified atom stereocenters. The standard InChI is InChI=1S/C26H22ClN3O3/c27-20-12-10-19(11-13-20)23(18-7-2-1-3-8-18)28-22(31)16-30-24(32)26(29-25(30)33)15-14-17-6-4-5-9-21(17)26/h1-13,23H,14-16H2,(H,28,31)(H,29,33)/t23-,26-/m1/s1. The zero-order chi connectivity index (χ0) is 23.0. The van der Waals surface area contributed by atoms with Crippen molar-refractivity contribution < 1.29 is 14.4 Å². The maximum absolute atomic E-state index is 13.3. The minimum absolute atomic E-state index is 0.356. The molecular formula is C26H22ClN3O3. The van der Waals surface area contributed by atoms with Gasteiger partial charge in [0, 0.05) is 5.02 Å². The molecule has 0 bridgehead atoms. The summed E-state index contributed by atoms with van der Waals surface area (Å²) in [5.41, 5.74) is 2.51. The normalized spacial score (nSPS) is 20.0. The number of nitrogens with one attached hydrogen (secondary N) is 2. The Hall–Kier alpha value is -3.64. The van der Waals surface area contributed by atoms with Crippen molar-refractivity contribution in [1.29, 1.82) is 0 Å². The van der Waals surface area contributed by atoms with Crippen LogP contribution < -0.4 is 10.6 Å². The largest absolute Gasteiger partial charge is 0.344 e. The number of imide groups is 1. The number of nitrogens with zero attached hydrogens (tertiary/aromatic N) is 1. The molecule has 1 aliphatic carbocycles. The van der Waals surface area contributed by atoms with Crippen molar-refractivity contribution in [3.63, 3.8) is 0 Å². The summed E-state index contributed by atoms with van der Waals surface area (Å²) in [5.74, 6) is -0.805. The number of urea groups is 1. The Morgan fingerprint density at radius 1 is 0.970 bits per heavy atom. The quantitative estimate of drug-likeness (QED) is 0.567. The summed E-state index contributed by atoms with van der Waals surface area (Å²) in [6.07, 6.45) is 1.20. The van der Waals surface area contributed by atoms with Crippen LogP contribution in [-0.4, -0.2) is 29.3 Å². The third kappa shape index (κ3) is 3.76. The molecule has 3 aromatic rings. The first-order valence-corrected chi connectivity index (χ1v) is 11.2. The number of carbonyl (C=O) groups is 3. The summed E-state index contributed by atoms with van der Waals surface area (Å²) < 4.78 is 0. The van der Waals surface area contributed by atoms with Crippen LogP contribution in [0.15, 0.2) is 78.9 Å². The van der Waals surface area contributed by atoms with Crippen LogP contribution in [0.4, 0.5) is 4.79 Å². The summed E-state index contributed by atoms with van der Waals surface area (Å²) in [5, 5.41) is 6.43. The number of aryl methyl sites for hydroxylation is 1. The van der Waals surface area contributed by atoms with E-state index < -0.39 is 23.5 Å². The first-order valence-electron chi connectivity index (χ1n) is 10.8. The molecule has 4 amide bonds. The van der Waals surface area contributed by atoms with E-state index in [1.54, 1.807) is 12.1 Å². The van der Waals surface area contributed by atoms with Gasteiger partial charge in [0.25, 0.3) is 5.91 Å². The molecule has 7 heteroatoms. The summed E-state index contributed by atoms with van der Waals surface area (Å²) in [6, 6.07) is 23.4. The summed E-state index contributed by atoms with van der Waals surface area (Å²) >= 11 is 6.03. The van der Waals surface area contributed by atoms with Gasteiger partial charge in [-0.05, 0) is 47.2 Å². The summed E-state index contributed by atoms with van der Waals surface area (Å²) in [7, 11) is 0. The van der Waals surface area contributed by atoms with Gasteiger partial charge < -0.3 is 10.6 Å². The number of hydrogen-bond acceptors (Lipinski definition) is 3. The van der Waals surface area contributed by atoms with Crippen molar-refractivity contribution in [3.8, 4) is 0 Å². The molecule has 5 rings (SSSR count). The second kappa shape index (κ2) is 8.37. The fourth-order valence-corrected chi connectivity index (χ4v) is 4.87. The Morgan fingerprint density at radius 2 is 1.64 bits per heavy atom. The SMILES string of the molecule is O=C(CN1C(=O)N[C@@]2(CCc3ccccc32)C1=O)N[C@H](c1ccccc1)c1ccc(Cl)cc1. The van der Waals surface area contributed by atoms with Crippen molar-refractivity contribution in [2.24, 2.45) is 0 Å². The lowest BCUT2D eigenvalue weighted by atomic mass is 9.92. The van der Waals surface area contributed by atoms with Crippen LogP contribution in [0, 0.1) is 0 Å². The highest BCUT2D eigenvalue weighted by atomic mass is 35.5. The van der Waals surface area contributed by atoms with Gasteiger partial charge in [-0.1, -0.05) is 78.3 Å². The molecule has 1 saturated heterocycles. The minimum atomic E-state index is -1.08. The topological polar surface area (TPSA) is 78.5 Å². The second-order valence-electron chi connectivity index (χ2n) is 8.35. The first kappa shape index (κ1) is 21.2. The van der Waals surface area contributed by atoms with Gasteiger partial charge in [0.05, 0.1) is 6.04 Å². The van der Waals surface area contributed by atoms with E-state index in [-0.39, 0.29) is 12.5 Å². The van der Waals surface area contributed by atoms with Crippen LogP contribution in [0.3, 0.4) is 0 Å². The van der Waals surface area contributed by atoms with Crippen LogP contribution in [0.5, 0.6) is 0 Å². The Labute approximate surface area is 196 Å². The second-order valence-corrected chi connectivity index (χ2v) is 8.78. The highest BCUT2D eigenvalue weighted by Gasteiger charge is 2.55.